The van der Waals surface area contributed by atoms with Crippen LogP contribution in [0.15, 0.2) is 60.0 Å². The molecule has 4 rings (SSSR count). The summed E-state index contributed by atoms with van der Waals surface area (Å²) in [4.78, 5) is 3.80. The molecule has 1 unspecified atom stereocenters. The maximum atomic E-state index is 13.1. The number of nitrogens with zero attached hydrogens (tertiary/aromatic N) is 5. The molecule has 1 saturated heterocycles. The summed E-state index contributed by atoms with van der Waals surface area (Å²) in [7, 11) is -3.99. The van der Waals surface area contributed by atoms with Crippen molar-refractivity contribution in [3.05, 3.63) is 72.1 Å². The zero-order valence-corrected chi connectivity index (χ0v) is 16.5. The Morgan fingerprint density at radius 1 is 1.07 bits per heavy atom. The van der Waals surface area contributed by atoms with E-state index in [0.717, 1.165) is 29.8 Å². The molecule has 1 aromatic carbocycles. The zero-order valence-electron chi connectivity index (χ0n) is 15.7. The number of halogens is 3. The standard InChI is InChI=1S/C19H18F3N5O2S/c20-19(21,22)15-3-5-16(6-4-15)30(28,29)27-11-1-2-17(27)18-25-24-13-26(18)12-14-7-9-23-10-8-14/h3-10,13,17H,1-2,11-12H2. The van der Waals surface area contributed by atoms with Crippen molar-refractivity contribution in [2.75, 3.05) is 6.54 Å². The molecule has 0 saturated carbocycles. The first-order valence-corrected chi connectivity index (χ1v) is 10.7. The fourth-order valence-electron chi connectivity index (χ4n) is 3.57. The van der Waals surface area contributed by atoms with E-state index >= 15 is 0 Å². The van der Waals surface area contributed by atoms with Crippen molar-refractivity contribution in [2.45, 2.75) is 36.5 Å². The molecule has 11 heteroatoms. The van der Waals surface area contributed by atoms with Crippen LogP contribution in [-0.4, -0.2) is 39.0 Å². The molecule has 0 aliphatic carbocycles. The molecule has 1 aliphatic rings. The third-order valence-corrected chi connectivity index (χ3v) is 6.96. The number of sulfonamides is 1. The smallest absolute Gasteiger partial charge is 0.312 e. The summed E-state index contributed by atoms with van der Waals surface area (Å²) >= 11 is 0. The highest BCUT2D eigenvalue weighted by Crippen LogP contribution is 2.36. The van der Waals surface area contributed by atoms with Gasteiger partial charge in [-0.2, -0.15) is 17.5 Å². The van der Waals surface area contributed by atoms with Crippen molar-refractivity contribution in [1.29, 1.82) is 0 Å². The minimum absolute atomic E-state index is 0.178. The fraction of sp³-hybridized carbons (Fsp3) is 0.316. The van der Waals surface area contributed by atoms with Crippen LogP contribution in [-0.2, 0) is 22.7 Å². The molecule has 3 aromatic rings. The molecule has 0 amide bonds. The highest BCUT2D eigenvalue weighted by molar-refractivity contribution is 7.89. The fourth-order valence-corrected chi connectivity index (χ4v) is 5.22. The minimum Gasteiger partial charge on any atom is -0.312 e. The molecule has 30 heavy (non-hydrogen) atoms. The van der Waals surface area contributed by atoms with Gasteiger partial charge in [-0.1, -0.05) is 0 Å². The van der Waals surface area contributed by atoms with Gasteiger partial charge in [0, 0.05) is 18.9 Å². The van der Waals surface area contributed by atoms with Gasteiger partial charge in [0.15, 0.2) is 5.82 Å². The lowest BCUT2D eigenvalue weighted by molar-refractivity contribution is -0.137. The van der Waals surface area contributed by atoms with E-state index in [0.29, 0.717) is 25.2 Å². The minimum atomic E-state index is -4.53. The predicted octanol–water partition coefficient (Wildman–Crippen LogP) is 3.27. The first-order chi connectivity index (χ1) is 14.3. The van der Waals surface area contributed by atoms with Gasteiger partial charge in [0.05, 0.1) is 23.0 Å². The van der Waals surface area contributed by atoms with Gasteiger partial charge in [-0.3, -0.25) is 4.98 Å². The molecular weight excluding hydrogens is 419 g/mol. The third kappa shape index (κ3) is 3.94. The molecule has 158 valence electrons. The molecule has 0 bridgehead atoms. The summed E-state index contributed by atoms with van der Waals surface area (Å²) in [6.45, 7) is 0.714. The van der Waals surface area contributed by atoms with E-state index in [2.05, 4.69) is 15.2 Å². The van der Waals surface area contributed by atoms with E-state index in [4.69, 9.17) is 0 Å². The molecular formula is C19H18F3N5O2S. The Kier molecular flexibility index (Phi) is 5.33. The number of benzene rings is 1. The van der Waals surface area contributed by atoms with Crippen LogP contribution in [0.4, 0.5) is 13.2 Å². The van der Waals surface area contributed by atoms with Gasteiger partial charge in [-0.15, -0.1) is 10.2 Å². The Hall–Kier alpha value is -2.79. The van der Waals surface area contributed by atoms with Crippen LogP contribution in [0.5, 0.6) is 0 Å². The van der Waals surface area contributed by atoms with Gasteiger partial charge in [-0.05, 0) is 54.8 Å². The maximum Gasteiger partial charge on any atom is 0.416 e. The Morgan fingerprint density at radius 2 is 1.77 bits per heavy atom. The molecule has 7 nitrogen and oxygen atoms in total. The summed E-state index contributed by atoms with van der Waals surface area (Å²) in [6, 6.07) is 6.70. The highest BCUT2D eigenvalue weighted by Gasteiger charge is 2.39. The monoisotopic (exact) mass is 437 g/mol. The van der Waals surface area contributed by atoms with E-state index in [9.17, 15) is 21.6 Å². The third-order valence-electron chi connectivity index (χ3n) is 5.04. The lowest BCUT2D eigenvalue weighted by Gasteiger charge is -2.24. The zero-order chi connectivity index (χ0) is 21.4. The predicted molar refractivity (Wildman–Crippen MR) is 101 cm³/mol. The van der Waals surface area contributed by atoms with Crippen LogP contribution < -0.4 is 0 Å². The molecule has 0 radical (unpaired) electrons. The van der Waals surface area contributed by atoms with Gasteiger partial charge in [0.1, 0.15) is 6.33 Å². The second kappa shape index (κ2) is 7.80. The summed E-state index contributed by atoms with van der Waals surface area (Å²) in [6.07, 6.45) is 1.51. The second-order valence-electron chi connectivity index (χ2n) is 6.97. The number of pyridine rings is 1. The molecule has 1 aliphatic heterocycles. The number of rotatable bonds is 5. The molecule has 1 fully saturated rings. The van der Waals surface area contributed by atoms with Crippen molar-refractivity contribution < 1.29 is 21.6 Å². The quantitative estimate of drug-likeness (QED) is 0.612. The van der Waals surface area contributed by atoms with E-state index in [-0.39, 0.29) is 11.4 Å². The van der Waals surface area contributed by atoms with E-state index < -0.39 is 27.8 Å². The summed E-state index contributed by atoms with van der Waals surface area (Å²) < 4.78 is 67.8. The first kappa shape index (κ1) is 20.5. The van der Waals surface area contributed by atoms with Gasteiger partial charge in [0.25, 0.3) is 0 Å². The van der Waals surface area contributed by atoms with Crippen LogP contribution >= 0.6 is 0 Å². The number of hydrogen-bond donors (Lipinski definition) is 0. The van der Waals surface area contributed by atoms with Crippen LogP contribution in [0.1, 0.15) is 35.8 Å². The number of hydrogen-bond acceptors (Lipinski definition) is 5. The lowest BCUT2D eigenvalue weighted by Crippen LogP contribution is -2.32. The van der Waals surface area contributed by atoms with E-state index in [1.54, 1.807) is 17.0 Å². The van der Waals surface area contributed by atoms with Crippen molar-refractivity contribution >= 4 is 10.0 Å². The van der Waals surface area contributed by atoms with E-state index in [1.807, 2.05) is 12.1 Å². The summed E-state index contributed by atoms with van der Waals surface area (Å²) in [5.74, 6) is 0.500. The van der Waals surface area contributed by atoms with Crippen molar-refractivity contribution in [1.82, 2.24) is 24.1 Å². The van der Waals surface area contributed by atoms with Crippen LogP contribution in [0, 0.1) is 0 Å². The van der Waals surface area contributed by atoms with E-state index in [1.165, 1.54) is 10.6 Å². The van der Waals surface area contributed by atoms with Gasteiger partial charge >= 0.3 is 6.18 Å². The average molecular weight is 437 g/mol. The van der Waals surface area contributed by atoms with Gasteiger partial charge < -0.3 is 4.57 Å². The maximum absolute atomic E-state index is 13.1. The molecule has 0 spiro atoms. The molecule has 0 N–H and O–H groups in total. The number of alkyl halides is 3. The first-order valence-electron chi connectivity index (χ1n) is 9.22. The van der Waals surface area contributed by atoms with Crippen molar-refractivity contribution in [3.63, 3.8) is 0 Å². The van der Waals surface area contributed by atoms with Crippen LogP contribution in [0.2, 0.25) is 0 Å². The lowest BCUT2D eigenvalue weighted by atomic mass is 10.2. The largest absolute Gasteiger partial charge is 0.416 e. The summed E-state index contributed by atoms with van der Waals surface area (Å²) in [5, 5.41) is 8.08. The number of aromatic nitrogens is 4. The van der Waals surface area contributed by atoms with Gasteiger partial charge in [0.2, 0.25) is 10.0 Å². The summed E-state index contributed by atoms with van der Waals surface area (Å²) in [5.41, 5.74) is 0.0673. The Bertz CT molecular complexity index is 1120. The molecule has 1 atom stereocenters. The second-order valence-corrected chi connectivity index (χ2v) is 8.86. The average Bonchev–Trinajstić information content (AvgIpc) is 3.37. The normalized spacial score (nSPS) is 18.0. The van der Waals surface area contributed by atoms with Crippen LogP contribution in [0.25, 0.3) is 0 Å². The van der Waals surface area contributed by atoms with Crippen LogP contribution in [0.3, 0.4) is 0 Å². The Morgan fingerprint density at radius 3 is 2.43 bits per heavy atom. The van der Waals surface area contributed by atoms with Crippen molar-refractivity contribution in [3.8, 4) is 0 Å². The molecule has 2 aromatic heterocycles. The van der Waals surface area contributed by atoms with Gasteiger partial charge in [-0.25, -0.2) is 8.42 Å². The Balaban J connectivity index is 1.62. The topological polar surface area (TPSA) is 81.0 Å². The molecule has 3 heterocycles. The Labute approximate surface area is 171 Å². The van der Waals surface area contributed by atoms with Crippen molar-refractivity contribution in [2.24, 2.45) is 0 Å². The highest BCUT2D eigenvalue weighted by atomic mass is 32.2. The SMILES string of the molecule is O=S(=O)(c1ccc(C(F)(F)F)cc1)N1CCCC1c1nncn1Cc1ccncc1.